The first-order chi connectivity index (χ1) is 17.9. The first kappa shape index (κ1) is 20.6. The second-order valence-corrected chi connectivity index (χ2v) is 9.17. The Labute approximate surface area is 210 Å². The Morgan fingerprint density at radius 3 is 1.50 bits per heavy atom. The van der Waals surface area contributed by atoms with Crippen LogP contribution in [0.25, 0.3) is 65.8 Å². The fourth-order valence-corrected chi connectivity index (χ4v) is 5.47. The second-order valence-electron chi connectivity index (χ2n) is 9.17. The van der Waals surface area contributed by atoms with Crippen molar-refractivity contribution in [2.75, 3.05) is 0 Å². The monoisotopic (exact) mass is 457 g/mol. The van der Waals surface area contributed by atoms with Gasteiger partial charge in [0.2, 0.25) is 0 Å². The maximum Gasteiger partial charge on any atom is 0.0708 e. The van der Waals surface area contributed by atoms with E-state index in [1.165, 1.54) is 60.3 Å². The van der Waals surface area contributed by atoms with E-state index in [9.17, 15) is 0 Å². The van der Waals surface area contributed by atoms with Crippen LogP contribution in [0.5, 0.6) is 0 Å². The smallest absolute Gasteiger partial charge is 0.0708 e. The molecule has 168 valence electrons. The van der Waals surface area contributed by atoms with E-state index < -0.39 is 0 Å². The lowest BCUT2D eigenvalue weighted by molar-refractivity contribution is 1.45. The highest BCUT2D eigenvalue weighted by Gasteiger charge is 2.18. The van der Waals surface area contributed by atoms with Gasteiger partial charge in [0.1, 0.15) is 0 Å². The van der Waals surface area contributed by atoms with Gasteiger partial charge in [-0.05, 0) is 50.2 Å². The molecule has 0 aliphatic carbocycles. The molecule has 0 aliphatic rings. The number of para-hydroxylation sites is 1. The molecule has 7 aromatic rings. The molecule has 0 N–H and O–H groups in total. The molecule has 1 aromatic heterocycles. The summed E-state index contributed by atoms with van der Waals surface area (Å²) in [6.45, 7) is 0. The highest BCUT2D eigenvalue weighted by atomic mass is 14.6. The molecule has 0 aliphatic heterocycles. The molecule has 0 saturated carbocycles. The molecule has 1 heterocycles. The van der Waals surface area contributed by atoms with Gasteiger partial charge in [-0.25, -0.2) is 0 Å². The Bertz CT molecular complexity index is 1850. The summed E-state index contributed by atoms with van der Waals surface area (Å²) in [5, 5.41) is 6.12. The van der Waals surface area contributed by atoms with Crippen molar-refractivity contribution in [2.45, 2.75) is 0 Å². The first-order valence-electron chi connectivity index (χ1n) is 12.3. The van der Waals surface area contributed by atoms with Crippen molar-refractivity contribution < 1.29 is 0 Å². The SMILES string of the molecule is c1ccc(-c2ccc(-c3c4ccccc4c(-c4ccccc4)c4c3cnc3ccccc34)cc2)cc1. The van der Waals surface area contributed by atoms with Crippen molar-refractivity contribution in [3.05, 3.63) is 140 Å². The van der Waals surface area contributed by atoms with Gasteiger partial charge in [0.15, 0.2) is 0 Å². The highest BCUT2D eigenvalue weighted by Crippen LogP contribution is 2.45. The minimum Gasteiger partial charge on any atom is -0.256 e. The molecule has 0 radical (unpaired) electrons. The van der Waals surface area contributed by atoms with Crippen molar-refractivity contribution >= 4 is 32.4 Å². The average Bonchev–Trinajstić information content (AvgIpc) is 2.97. The molecule has 36 heavy (non-hydrogen) atoms. The van der Waals surface area contributed by atoms with Crippen LogP contribution in [0.4, 0.5) is 0 Å². The zero-order valence-corrected chi connectivity index (χ0v) is 19.7. The molecular formula is C35H23N. The molecule has 0 atom stereocenters. The lowest BCUT2D eigenvalue weighted by Crippen LogP contribution is -1.93. The third-order valence-electron chi connectivity index (χ3n) is 7.10. The predicted octanol–water partition coefficient (Wildman–Crippen LogP) is 9.54. The molecule has 0 spiro atoms. The van der Waals surface area contributed by atoms with E-state index in [4.69, 9.17) is 4.98 Å². The molecule has 6 aromatic carbocycles. The Morgan fingerprint density at radius 1 is 0.333 bits per heavy atom. The molecule has 7 rings (SSSR count). The molecular weight excluding hydrogens is 434 g/mol. The fourth-order valence-electron chi connectivity index (χ4n) is 5.47. The molecule has 1 heteroatoms. The van der Waals surface area contributed by atoms with E-state index in [1.54, 1.807) is 0 Å². The zero-order chi connectivity index (χ0) is 23.9. The largest absolute Gasteiger partial charge is 0.256 e. The van der Waals surface area contributed by atoms with Gasteiger partial charge in [-0.15, -0.1) is 0 Å². The lowest BCUT2D eigenvalue weighted by Gasteiger charge is -2.19. The number of hydrogen-bond donors (Lipinski definition) is 0. The first-order valence-corrected chi connectivity index (χ1v) is 12.3. The quantitative estimate of drug-likeness (QED) is 0.190. The van der Waals surface area contributed by atoms with E-state index in [0.29, 0.717) is 0 Å². The van der Waals surface area contributed by atoms with Crippen LogP contribution in [-0.2, 0) is 0 Å². The number of aromatic nitrogens is 1. The Morgan fingerprint density at radius 2 is 0.806 bits per heavy atom. The number of rotatable bonds is 3. The lowest BCUT2D eigenvalue weighted by atomic mass is 9.85. The highest BCUT2D eigenvalue weighted by molar-refractivity contribution is 6.27. The number of nitrogens with zero attached hydrogens (tertiary/aromatic N) is 1. The van der Waals surface area contributed by atoms with Gasteiger partial charge in [0, 0.05) is 22.4 Å². The standard InChI is InChI=1S/C35H23N/c1-3-11-24(12-4-1)25-19-21-27(22-20-25)33-28-15-7-8-16-29(28)34(26-13-5-2-6-14-26)35-30-17-9-10-18-32(30)36-23-31(33)35/h1-23H. The average molecular weight is 458 g/mol. The van der Waals surface area contributed by atoms with Gasteiger partial charge in [-0.3, -0.25) is 4.98 Å². The van der Waals surface area contributed by atoms with Crippen molar-refractivity contribution in [3.63, 3.8) is 0 Å². The summed E-state index contributed by atoms with van der Waals surface area (Å²) in [5.41, 5.74) is 8.39. The normalized spacial score (nSPS) is 11.3. The second kappa shape index (κ2) is 8.48. The van der Waals surface area contributed by atoms with Crippen molar-refractivity contribution in [2.24, 2.45) is 0 Å². The van der Waals surface area contributed by atoms with Crippen LogP contribution in [0.3, 0.4) is 0 Å². The van der Waals surface area contributed by atoms with Crippen molar-refractivity contribution in [3.8, 4) is 33.4 Å². The number of benzene rings is 6. The van der Waals surface area contributed by atoms with Crippen LogP contribution >= 0.6 is 0 Å². The van der Waals surface area contributed by atoms with E-state index in [1.807, 2.05) is 0 Å². The number of fused-ring (bicyclic) bond motifs is 4. The van der Waals surface area contributed by atoms with Crippen LogP contribution in [0.2, 0.25) is 0 Å². The summed E-state index contributed by atoms with van der Waals surface area (Å²) in [4.78, 5) is 4.90. The van der Waals surface area contributed by atoms with Crippen LogP contribution in [0, 0.1) is 0 Å². The van der Waals surface area contributed by atoms with E-state index in [-0.39, 0.29) is 0 Å². The summed E-state index contributed by atoms with van der Waals surface area (Å²) < 4.78 is 0. The Kier molecular flexibility index (Phi) is 4.85. The molecule has 0 amide bonds. The molecule has 0 unspecified atom stereocenters. The van der Waals surface area contributed by atoms with E-state index in [0.717, 1.165) is 5.52 Å². The summed E-state index contributed by atoms with van der Waals surface area (Å²) >= 11 is 0. The van der Waals surface area contributed by atoms with Crippen molar-refractivity contribution in [1.82, 2.24) is 4.98 Å². The van der Waals surface area contributed by atoms with Gasteiger partial charge in [-0.2, -0.15) is 0 Å². The summed E-state index contributed by atoms with van der Waals surface area (Å²) in [5.74, 6) is 0. The predicted molar refractivity (Wildman–Crippen MR) is 153 cm³/mol. The van der Waals surface area contributed by atoms with Crippen LogP contribution in [0.15, 0.2) is 140 Å². The third kappa shape index (κ3) is 3.29. The maximum absolute atomic E-state index is 4.90. The molecule has 0 saturated heterocycles. The van der Waals surface area contributed by atoms with Crippen LogP contribution in [0.1, 0.15) is 0 Å². The van der Waals surface area contributed by atoms with Gasteiger partial charge in [0.25, 0.3) is 0 Å². The number of pyridine rings is 1. The van der Waals surface area contributed by atoms with Gasteiger partial charge >= 0.3 is 0 Å². The van der Waals surface area contributed by atoms with E-state index in [2.05, 4.69) is 140 Å². The minimum atomic E-state index is 1.02. The molecule has 1 nitrogen and oxygen atoms in total. The summed E-state index contributed by atoms with van der Waals surface area (Å²) in [6, 6.07) is 47.5. The summed E-state index contributed by atoms with van der Waals surface area (Å²) in [6.07, 6.45) is 2.07. The number of hydrogen-bond acceptors (Lipinski definition) is 1. The third-order valence-corrected chi connectivity index (χ3v) is 7.10. The van der Waals surface area contributed by atoms with Gasteiger partial charge in [0.05, 0.1) is 5.52 Å². The van der Waals surface area contributed by atoms with Gasteiger partial charge in [-0.1, -0.05) is 127 Å². The molecule has 0 fully saturated rings. The Balaban J connectivity index is 1.60. The minimum absolute atomic E-state index is 1.02. The van der Waals surface area contributed by atoms with Crippen LogP contribution in [-0.4, -0.2) is 4.98 Å². The molecule has 0 bridgehead atoms. The maximum atomic E-state index is 4.90. The van der Waals surface area contributed by atoms with Crippen LogP contribution < -0.4 is 0 Å². The zero-order valence-electron chi connectivity index (χ0n) is 19.7. The van der Waals surface area contributed by atoms with Gasteiger partial charge < -0.3 is 0 Å². The summed E-state index contributed by atoms with van der Waals surface area (Å²) in [7, 11) is 0. The topological polar surface area (TPSA) is 12.9 Å². The fraction of sp³-hybridized carbons (Fsp3) is 0. The Hall–Kier alpha value is -4.75. The van der Waals surface area contributed by atoms with Crippen molar-refractivity contribution in [1.29, 1.82) is 0 Å². The van der Waals surface area contributed by atoms with E-state index >= 15 is 0 Å².